The Morgan fingerprint density at radius 3 is 2.57 bits per heavy atom. The summed E-state index contributed by atoms with van der Waals surface area (Å²) < 4.78 is 6.35. The Morgan fingerprint density at radius 1 is 1.14 bits per heavy atom. The van der Waals surface area contributed by atoms with E-state index in [1.54, 1.807) is 18.9 Å². The first-order valence-electron chi connectivity index (χ1n) is 9.26. The Kier molecular flexibility index (Phi) is 7.23. The second kappa shape index (κ2) is 9.85. The van der Waals surface area contributed by atoms with Crippen LogP contribution in [0.5, 0.6) is 5.75 Å². The van der Waals surface area contributed by atoms with E-state index in [9.17, 15) is 4.79 Å². The van der Waals surface area contributed by atoms with Crippen molar-refractivity contribution in [3.8, 4) is 5.75 Å². The largest absolute Gasteiger partial charge is 0.496 e. The van der Waals surface area contributed by atoms with Gasteiger partial charge in [0.15, 0.2) is 0 Å². The number of anilines is 1. The van der Waals surface area contributed by atoms with Crippen LogP contribution in [0.2, 0.25) is 0 Å². The van der Waals surface area contributed by atoms with E-state index in [1.165, 1.54) is 17.3 Å². The lowest BCUT2D eigenvalue weighted by Crippen LogP contribution is -2.21. The minimum atomic E-state index is -0.0227. The Morgan fingerprint density at radius 2 is 1.89 bits per heavy atom. The van der Waals surface area contributed by atoms with E-state index in [0.29, 0.717) is 5.70 Å². The van der Waals surface area contributed by atoms with Crippen molar-refractivity contribution in [1.29, 1.82) is 0 Å². The molecule has 1 aliphatic rings. The number of carbonyl (C=O) groups excluding carboxylic acids is 1. The molecule has 0 aromatic heterocycles. The third kappa shape index (κ3) is 5.00. The normalized spacial score (nSPS) is 15.0. The molecule has 0 atom stereocenters. The van der Waals surface area contributed by atoms with Gasteiger partial charge >= 0.3 is 0 Å². The molecule has 0 saturated heterocycles. The number of benzene rings is 2. The van der Waals surface area contributed by atoms with Crippen LogP contribution in [-0.2, 0) is 10.5 Å². The molecule has 0 saturated carbocycles. The van der Waals surface area contributed by atoms with Crippen molar-refractivity contribution in [2.45, 2.75) is 19.6 Å². The highest BCUT2D eigenvalue weighted by atomic mass is 32.2. The number of aliphatic imine (C=N–C) groups is 1. The highest BCUT2D eigenvalue weighted by Crippen LogP contribution is 2.34. The van der Waals surface area contributed by atoms with Gasteiger partial charge in [0.05, 0.1) is 7.11 Å². The summed E-state index contributed by atoms with van der Waals surface area (Å²) in [5.41, 5.74) is 3.66. The highest BCUT2D eigenvalue weighted by Gasteiger charge is 2.23. The number of thioether (sulfide) groups is 2. The maximum absolute atomic E-state index is 12.4. The Bertz CT molecular complexity index is 891. The lowest BCUT2D eigenvalue weighted by molar-refractivity contribution is -0.107. The van der Waals surface area contributed by atoms with Crippen LogP contribution in [0.1, 0.15) is 25.0 Å². The predicted octanol–water partition coefficient (Wildman–Crippen LogP) is 5.45. The second-order valence-electron chi connectivity index (χ2n) is 6.17. The van der Waals surface area contributed by atoms with Crippen molar-refractivity contribution in [2.75, 3.05) is 25.1 Å². The highest BCUT2D eigenvalue weighted by molar-refractivity contribution is 8.45. The Balaban J connectivity index is 1.78. The summed E-state index contributed by atoms with van der Waals surface area (Å²) in [6, 6.07) is 16.3. The molecule has 2 aromatic rings. The van der Waals surface area contributed by atoms with E-state index in [1.807, 2.05) is 36.4 Å². The summed E-state index contributed by atoms with van der Waals surface area (Å²) in [4.78, 5) is 19.2. The van der Waals surface area contributed by atoms with Gasteiger partial charge < -0.3 is 9.64 Å². The second-order valence-corrected chi connectivity index (χ2v) is 8.35. The van der Waals surface area contributed by atoms with E-state index in [-0.39, 0.29) is 5.12 Å². The molecule has 0 amide bonds. The molecule has 0 fully saturated rings. The van der Waals surface area contributed by atoms with Crippen LogP contribution >= 0.6 is 23.5 Å². The Hall–Kier alpha value is -2.18. The summed E-state index contributed by atoms with van der Waals surface area (Å²) in [5, 5.41) is -0.0227. The summed E-state index contributed by atoms with van der Waals surface area (Å²) in [6.07, 6.45) is 1.82. The fourth-order valence-corrected chi connectivity index (χ4v) is 4.72. The number of hydrogen-bond donors (Lipinski definition) is 0. The average Bonchev–Trinajstić information content (AvgIpc) is 3.08. The van der Waals surface area contributed by atoms with E-state index in [2.05, 4.69) is 41.9 Å². The van der Waals surface area contributed by atoms with E-state index >= 15 is 0 Å². The smallest absolute Gasteiger partial charge is 0.244 e. The van der Waals surface area contributed by atoms with Crippen LogP contribution in [0.15, 0.2) is 59.2 Å². The zero-order valence-electron chi connectivity index (χ0n) is 16.3. The lowest BCUT2D eigenvalue weighted by Gasteiger charge is -2.22. The lowest BCUT2D eigenvalue weighted by atomic mass is 10.1. The first-order chi connectivity index (χ1) is 13.6. The summed E-state index contributed by atoms with van der Waals surface area (Å²) >= 11 is 2.79. The summed E-state index contributed by atoms with van der Waals surface area (Å²) in [7, 11) is 1.65. The molecule has 0 aliphatic carbocycles. The fraction of sp³-hybridized carbons (Fsp3) is 0.273. The zero-order valence-corrected chi connectivity index (χ0v) is 18.0. The van der Waals surface area contributed by atoms with Gasteiger partial charge in [0.2, 0.25) is 5.12 Å². The van der Waals surface area contributed by atoms with E-state index in [0.717, 1.165) is 40.2 Å². The van der Waals surface area contributed by atoms with Gasteiger partial charge in [-0.2, -0.15) is 0 Å². The van der Waals surface area contributed by atoms with Crippen LogP contribution in [0.4, 0.5) is 5.69 Å². The molecule has 28 heavy (non-hydrogen) atoms. The minimum absolute atomic E-state index is 0.0227. The first kappa shape index (κ1) is 20.6. The van der Waals surface area contributed by atoms with Crippen molar-refractivity contribution < 1.29 is 9.53 Å². The molecule has 2 aromatic carbocycles. The third-order valence-electron chi connectivity index (χ3n) is 4.44. The van der Waals surface area contributed by atoms with Crippen molar-refractivity contribution in [3.05, 3.63) is 65.4 Å². The molecule has 146 valence electrons. The molecule has 0 bridgehead atoms. The molecule has 1 aliphatic heterocycles. The van der Waals surface area contributed by atoms with Gasteiger partial charge in [0, 0.05) is 36.2 Å². The van der Waals surface area contributed by atoms with Crippen molar-refractivity contribution >= 4 is 44.8 Å². The molecule has 0 spiro atoms. The van der Waals surface area contributed by atoms with Gasteiger partial charge in [-0.25, -0.2) is 4.99 Å². The molecule has 0 radical (unpaired) electrons. The van der Waals surface area contributed by atoms with Crippen LogP contribution in [0.3, 0.4) is 0 Å². The van der Waals surface area contributed by atoms with Crippen LogP contribution in [-0.4, -0.2) is 29.7 Å². The van der Waals surface area contributed by atoms with Gasteiger partial charge in [0.1, 0.15) is 15.8 Å². The third-order valence-corrected chi connectivity index (χ3v) is 6.52. The quantitative estimate of drug-likeness (QED) is 0.566. The van der Waals surface area contributed by atoms with Crippen molar-refractivity contribution in [3.63, 3.8) is 0 Å². The van der Waals surface area contributed by atoms with Crippen LogP contribution in [0.25, 0.3) is 6.08 Å². The summed E-state index contributed by atoms with van der Waals surface area (Å²) in [6.45, 7) is 6.12. The summed E-state index contributed by atoms with van der Waals surface area (Å²) in [5.74, 6) is 1.55. The van der Waals surface area contributed by atoms with Crippen molar-refractivity contribution in [1.82, 2.24) is 0 Å². The monoisotopic (exact) mass is 412 g/mol. The van der Waals surface area contributed by atoms with Gasteiger partial charge in [-0.15, -0.1) is 0 Å². The maximum Gasteiger partial charge on any atom is 0.244 e. The molecular formula is C22H24N2O2S2. The zero-order chi connectivity index (χ0) is 19.9. The maximum atomic E-state index is 12.4. The number of ether oxygens (including phenoxy) is 1. The number of carbonyl (C=O) groups is 1. The Labute approximate surface area is 175 Å². The standard InChI is InChI=1S/C22H24N2O2S2/c1-4-24(5-2)18-12-11-17(20(14-18)26-3)13-19-21(25)28-22(23-19)27-15-16-9-7-6-8-10-16/h6-14H,4-5,15H2,1-3H3. The number of methoxy groups -OCH3 is 1. The molecular weight excluding hydrogens is 388 g/mol. The van der Waals surface area contributed by atoms with Crippen LogP contribution in [0, 0.1) is 0 Å². The van der Waals surface area contributed by atoms with Crippen LogP contribution < -0.4 is 9.64 Å². The molecule has 3 rings (SSSR count). The molecule has 0 unspecified atom stereocenters. The molecule has 4 nitrogen and oxygen atoms in total. The first-order valence-corrected chi connectivity index (χ1v) is 11.1. The van der Waals surface area contributed by atoms with Gasteiger partial charge in [-0.05, 0) is 49.4 Å². The van der Waals surface area contributed by atoms with E-state index < -0.39 is 0 Å². The molecule has 6 heteroatoms. The molecule has 1 heterocycles. The molecule has 0 N–H and O–H groups in total. The predicted molar refractivity (Wildman–Crippen MR) is 122 cm³/mol. The topological polar surface area (TPSA) is 41.9 Å². The van der Waals surface area contributed by atoms with Crippen molar-refractivity contribution in [2.24, 2.45) is 4.99 Å². The van der Waals surface area contributed by atoms with Gasteiger partial charge in [-0.1, -0.05) is 42.1 Å². The number of nitrogens with zero attached hydrogens (tertiary/aromatic N) is 2. The van der Waals surface area contributed by atoms with Gasteiger partial charge in [-0.3, -0.25) is 4.79 Å². The number of rotatable bonds is 7. The minimum Gasteiger partial charge on any atom is -0.496 e. The van der Waals surface area contributed by atoms with E-state index in [4.69, 9.17) is 4.74 Å². The van der Waals surface area contributed by atoms with Gasteiger partial charge in [0.25, 0.3) is 0 Å². The SMILES string of the molecule is CCN(CC)c1ccc(C=C2N=C(SCc3ccccc3)SC2=O)c(OC)c1. The average molecular weight is 413 g/mol. The number of hydrogen-bond acceptors (Lipinski definition) is 6. The fourth-order valence-electron chi connectivity index (χ4n) is 2.92.